The normalized spacial score (nSPS) is 29.4. The van der Waals surface area contributed by atoms with Crippen molar-refractivity contribution in [3.63, 3.8) is 0 Å². The Hall–Kier alpha value is -2.37. The predicted molar refractivity (Wildman–Crippen MR) is 131 cm³/mol. The number of thioether (sulfide) groups is 1. The molecule has 2 fully saturated rings. The van der Waals surface area contributed by atoms with Crippen LogP contribution < -0.4 is 0 Å². The van der Waals surface area contributed by atoms with E-state index in [1.54, 1.807) is 37.0 Å². The van der Waals surface area contributed by atoms with Gasteiger partial charge in [-0.05, 0) is 25.1 Å². The van der Waals surface area contributed by atoms with E-state index in [-0.39, 0.29) is 22.3 Å². The van der Waals surface area contributed by atoms with Crippen LogP contribution in [0.2, 0.25) is 10.0 Å². The fourth-order valence-corrected chi connectivity index (χ4v) is 6.65. The SMILES string of the molecule is COC1C2C(n3cc(-c4ccc(Cl)c(F)n4)nn3)C2(OC)C(C(C)O)O[C@@H]1Sc1cc(Cl)cnc1C#N. The Morgan fingerprint density at radius 3 is 2.76 bits per heavy atom. The van der Waals surface area contributed by atoms with Crippen LogP contribution in [0.3, 0.4) is 0 Å². The number of pyridine rings is 2. The Morgan fingerprint density at radius 1 is 1.32 bits per heavy atom. The number of halogens is 3. The molecule has 1 saturated carbocycles. The zero-order valence-corrected chi connectivity index (χ0v) is 22.1. The third-order valence-corrected chi connectivity index (χ3v) is 8.32. The fourth-order valence-electron chi connectivity index (χ4n) is 5.08. The number of hydrogen-bond donors (Lipinski definition) is 1. The van der Waals surface area contributed by atoms with E-state index in [0.29, 0.717) is 15.6 Å². The van der Waals surface area contributed by atoms with Gasteiger partial charge in [0.1, 0.15) is 35.0 Å². The van der Waals surface area contributed by atoms with Gasteiger partial charge >= 0.3 is 0 Å². The van der Waals surface area contributed by atoms with E-state index in [9.17, 15) is 14.8 Å². The van der Waals surface area contributed by atoms with Crippen LogP contribution in [-0.4, -0.2) is 73.6 Å². The van der Waals surface area contributed by atoms with Crippen molar-refractivity contribution in [3.8, 4) is 17.5 Å². The highest BCUT2D eigenvalue weighted by Gasteiger charge is 2.79. The summed E-state index contributed by atoms with van der Waals surface area (Å²) in [5.41, 5.74) is -0.823. The maximum atomic E-state index is 13.9. The van der Waals surface area contributed by atoms with Gasteiger partial charge in [0.15, 0.2) is 5.69 Å². The predicted octanol–water partition coefficient (Wildman–Crippen LogP) is 3.52. The first-order valence-electron chi connectivity index (χ1n) is 11.1. The van der Waals surface area contributed by atoms with E-state index in [4.69, 9.17) is 37.4 Å². The van der Waals surface area contributed by atoms with Crippen LogP contribution in [0, 0.1) is 23.2 Å². The molecule has 7 atom stereocenters. The fraction of sp³-hybridized carbons (Fsp3) is 0.435. The van der Waals surface area contributed by atoms with Gasteiger partial charge in [-0.2, -0.15) is 9.65 Å². The molecular weight excluding hydrogens is 546 g/mol. The van der Waals surface area contributed by atoms with Crippen molar-refractivity contribution in [2.24, 2.45) is 5.92 Å². The van der Waals surface area contributed by atoms with E-state index in [1.807, 2.05) is 0 Å². The standard InChI is InChI=1S/C23H21Cl2FN6O4S/c1-10(33)20-23(35-3)17(18(34-2)22(36-20)37-16-6-11(24)8-28-14(16)7-27)19(23)32-9-15(30-31-32)13-5-4-12(25)21(26)29-13/h4-6,8-10,17-20,22,33H,1-3H3/t10?,17?,18?,19?,20?,22-,23?/m1/s1. The molecule has 0 amide bonds. The summed E-state index contributed by atoms with van der Waals surface area (Å²) < 4.78 is 33.8. The topological polar surface area (TPSA) is 128 Å². The molecule has 0 spiro atoms. The number of methoxy groups -OCH3 is 2. The second-order valence-electron chi connectivity index (χ2n) is 8.68. The van der Waals surface area contributed by atoms with Crippen LogP contribution in [0.25, 0.3) is 11.4 Å². The van der Waals surface area contributed by atoms with Crippen molar-refractivity contribution >= 4 is 35.0 Å². The van der Waals surface area contributed by atoms with Crippen LogP contribution >= 0.6 is 35.0 Å². The van der Waals surface area contributed by atoms with Crippen molar-refractivity contribution in [3.05, 3.63) is 52.3 Å². The molecule has 14 heteroatoms. The van der Waals surface area contributed by atoms with E-state index in [0.717, 1.165) is 0 Å². The first-order valence-corrected chi connectivity index (χ1v) is 12.8. The summed E-state index contributed by atoms with van der Waals surface area (Å²) in [5, 5.41) is 28.9. The lowest BCUT2D eigenvalue weighted by atomic mass is 9.99. The Balaban J connectivity index is 1.50. The molecular formula is C23H21Cl2FN6O4S. The van der Waals surface area contributed by atoms with Crippen LogP contribution in [-0.2, 0) is 14.2 Å². The zero-order valence-electron chi connectivity index (χ0n) is 19.7. The molecule has 0 radical (unpaired) electrons. The maximum Gasteiger partial charge on any atom is 0.232 e. The molecule has 6 unspecified atom stereocenters. The minimum Gasteiger partial charge on any atom is -0.391 e. The molecule has 3 aromatic heterocycles. The number of aliphatic hydroxyl groups is 1. The summed E-state index contributed by atoms with van der Waals surface area (Å²) in [5.74, 6) is -1.12. The van der Waals surface area contributed by atoms with Crippen LogP contribution in [0.5, 0.6) is 0 Å². The summed E-state index contributed by atoms with van der Waals surface area (Å²) in [6, 6.07) is 6.20. The van der Waals surface area contributed by atoms with E-state index >= 15 is 0 Å². The van der Waals surface area contributed by atoms with Gasteiger partial charge in [0.05, 0.1) is 34.1 Å². The number of nitriles is 1. The number of ether oxygens (including phenoxy) is 3. The molecule has 1 aliphatic carbocycles. The molecule has 10 nitrogen and oxygen atoms in total. The Labute approximate surface area is 225 Å². The second-order valence-corrected chi connectivity index (χ2v) is 10.7. The van der Waals surface area contributed by atoms with Crippen molar-refractivity contribution in [2.45, 2.75) is 47.2 Å². The highest BCUT2D eigenvalue weighted by Crippen LogP contribution is 2.66. The number of nitrogens with zero attached hydrogens (tertiary/aromatic N) is 6. The molecule has 0 aromatic carbocycles. The molecule has 0 bridgehead atoms. The molecule has 3 aromatic rings. The lowest BCUT2D eigenvalue weighted by molar-refractivity contribution is -0.191. The van der Waals surface area contributed by atoms with Crippen LogP contribution in [0.15, 0.2) is 35.5 Å². The Bertz CT molecular complexity index is 1370. The minimum absolute atomic E-state index is 0.0967. The number of fused-ring (bicyclic) bond motifs is 1. The Kier molecular flexibility index (Phi) is 7.14. The molecule has 1 aliphatic heterocycles. The summed E-state index contributed by atoms with van der Waals surface area (Å²) in [7, 11) is 3.09. The first-order chi connectivity index (χ1) is 17.7. The summed E-state index contributed by atoms with van der Waals surface area (Å²) >= 11 is 13.1. The van der Waals surface area contributed by atoms with E-state index < -0.39 is 41.3 Å². The molecule has 1 saturated heterocycles. The third-order valence-electron chi connectivity index (χ3n) is 6.66. The van der Waals surface area contributed by atoms with Crippen LogP contribution in [0.1, 0.15) is 18.7 Å². The van der Waals surface area contributed by atoms with Crippen molar-refractivity contribution in [2.75, 3.05) is 14.2 Å². The quantitative estimate of drug-likeness (QED) is 0.424. The van der Waals surface area contributed by atoms with E-state index in [1.165, 1.54) is 31.1 Å². The van der Waals surface area contributed by atoms with Gasteiger partial charge in [-0.15, -0.1) is 5.10 Å². The lowest BCUT2D eigenvalue weighted by Crippen LogP contribution is -2.53. The summed E-state index contributed by atoms with van der Waals surface area (Å²) in [4.78, 5) is 8.44. The zero-order chi connectivity index (χ0) is 26.5. The molecule has 4 heterocycles. The van der Waals surface area contributed by atoms with Crippen molar-refractivity contribution < 1.29 is 23.7 Å². The molecule has 1 N–H and O–H groups in total. The summed E-state index contributed by atoms with van der Waals surface area (Å²) in [6.45, 7) is 1.61. The number of aliphatic hydroxyl groups excluding tert-OH is 1. The summed E-state index contributed by atoms with van der Waals surface area (Å²) in [6.07, 6.45) is 0.801. The highest BCUT2D eigenvalue weighted by molar-refractivity contribution is 7.99. The van der Waals surface area contributed by atoms with Crippen molar-refractivity contribution in [1.29, 1.82) is 5.26 Å². The molecule has 37 heavy (non-hydrogen) atoms. The van der Waals surface area contributed by atoms with Gasteiger partial charge in [0.2, 0.25) is 5.95 Å². The number of rotatable bonds is 7. The number of hydrogen-bond acceptors (Lipinski definition) is 10. The first kappa shape index (κ1) is 26.2. The molecule has 194 valence electrons. The lowest BCUT2D eigenvalue weighted by Gasteiger charge is -2.40. The van der Waals surface area contributed by atoms with Crippen molar-refractivity contribution in [1.82, 2.24) is 25.0 Å². The molecule has 2 aliphatic rings. The second kappa shape index (κ2) is 10.1. The average molecular weight is 567 g/mol. The minimum atomic E-state index is -0.986. The highest BCUT2D eigenvalue weighted by atomic mass is 35.5. The van der Waals surface area contributed by atoms with Gasteiger partial charge in [0.25, 0.3) is 0 Å². The monoisotopic (exact) mass is 566 g/mol. The van der Waals surface area contributed by atoms with Gasteiger partial charge < -0.3 is 19.3 Å². The average Bonchev–Trinajstić information content (AvgIpc) is 3.31. The third kappa shape index (κ3) is 4.38. The van der Waals surface area contributed by atoms with Gasteiger partial charge in [-0.25, -0.2) is 14.6 Å². The van der Waals surface area contributed by atoms with Gasteiger partial charge in [0, 0.05) is 31.2 Å². The largest absolute Gasteiger partial charge is 0.391 e. The maximum absolute atomic E-state index is 13.9. The van der Waals surface area contributed by atoms with Gasteiger partial charge in [-0.3, -0.25) is 0 Å². The van der Waals surface area contributed by atoms with Crippen LogP contribution in [0.4, 0.5) is 4.39 Å². The molecule has 5 rings (SSSR count). The van der Waals surface area contributed by atoms with E-state index in [2.05, 4.69) is 26.3 Å². The Morgan fingerprint density at radius 2 is 2.11 bits per heavy atom. The number of aromatic nitrogens is 5. The van der Waals surface area contributed by atoms with Gasteiger partial charge in [-0.1, -0.05) is 40.2 Å². The smallest absolute Gasteiger partial charge is 0.232 e.